The Labute approximate surface area is 139 Å². The molecule has 0 aliphatic heterocycles. The number of nitrogens with zero attached hydrogens (tertiary/aromatic N) is 3. The van der Waals surface area contributed by atoms with Gasteiger partial charge in [0.15, 0.2) is 0 Å². The molecule has 0 spiro atoms. The summed E-state index contributed by atoms with van der Waals surface area (Å²) in [6.07, 6.45) is 3.23. The summed E-state index contributed by atoms with van der Waals surface area (Å²) in [4.78, 5) is 0. The van der Waals surface area contributed by atoms with Crippen molar-refractivity contribution in [2.45, 2.75) is 13.5 Å². The van der Waals surface area contributed by atoms with Crippen molar-refractivity contribution in [2.75, 3.05) is 0 Å². The zero-order valence-electron chi connectivity index (χ0n) is 12.6. The van der Waals surface area contributed by atoms with Gasteiger partial charge in [-0.2, -0.15) is 14.9 Å². The van der Waals surface area contributed by atoms with E-state index < -0.39 is 0 Å². The van der Waals surface area contributed by atoms with Gasteiger partial charge in [0.2, 0.25) is 4.77 Å². The summed E-state index contributed by atoms with van der Waals surface area (Å²) in [6.45, 7) is 2.58. The SMILES string of the molecule is Cc1ccc(COc2ccccc2/C=N\n2cn[nH]c2=S)cc1. The number of para-hydroxylation sites is 1. The van der Waals surface area contributed by atoms with Crippen LogP contribution in [0.4, 0.5) is 0 Å². The van der Waals surface area contributed by atoms with E-state index in [0.29, 0.717) is 11.4 Å². The zero-order chi connectivity index (χ0) is 16.1. The van der Waals surface area contributed by atoms with Crippen LogP contribution in [-0.4, -0.2) is 21.1 Å². The number of aromatic nitrogens is 3. The third kappa shape index (κ3) is 3.92. The van der Waals surface area contributed by atoms with Gasteiger partial charge in [0.25, 0.3) is 0 Å². The second-order valence-electron chi connectivity index (χ2n) is 5.06. The number of aryl methyl sites for hydroxylation is 1. The standard InChI is InChI=1S/C17H16N4OS/c1-13-6-8-14(9-7-13)11-22-16-5-3-2-4-15(16)10-19-21-12-18-20-17(21)23/h2-10,12H,11H2,1H3,(H,20,23)/b19-10-. The molecular weight excluding hydrogens is 308 g/mol. The monoisotopic (exact) mass is 324 g/mol. The molecule has 116 valence electrons. The molecule has 0 atom stereocenters. The Morgan fingerprint density at radius 1 is 1.22 bits per heavy atom. The fourth-order valence-corrected chi connectivity index (χ4v) is 2.16. The van der Waals surface area contributed by atoms with Crippen LogP contribution >= 0.6 is 12.2 Å². The highest BCUT2D eigenvalue weighted by atomic mass is 32.1. The summed E-state index contributed by atoms with van der Waals surface area (Å²) in [6, 6.07) is 16.0. The van der Waals surface area contributed by atoms with Gasteiger partial charge < -0.3 is 4.74 Å². The van der Waals surface area contributed by atoms with E-state index in [2.05, 4.69) is 46.5 Å². The van der Waals surface area contributed by atoms with Crippen molar-refractivity contribution in [3.63, 3.8) is 0 Å². The molecule has 0 bridgehead atoms. The van der Waals surface area contributed by atoms with Gasteiger partial charge in [-0.1, -0.05) is 42.0 Å². The lowest BCUT2D eigenvalue weighted by molar-refractivity contribution is 0.306. The molecule has 0 saturated heterocycles. The number of rotatable bonds is 5. The highest BCUT2D eigenvalue weighted by Gasteiger charge is 2.02. The maximum absolute atomic E-state index is 5.91. The maximum Gasteiger partial charge on any atom is 0.216 e. The molecule has 0 unspecified atom stereocenters. The van der Waals surface area contributed by atoms with Gasteiger partial charge in [0.05, 0.1) is 6.21 Å². The molecule has 0 amide bonds. The molecule has 1 heterocycles. The number of aromatic amines is 1. The van der Waals surface area contributed by atoms with Crippen LogP contribution in [0.15, 0.2) is 60.0 Å². The molecule has 0 aliphatic rings. The van der Waals surface area contributed by atoms with Gasteiger partial charge in [-0.15, -0.1) is 0 Å². The van der Waals surface area contributed by atoms with Crippen molar-refractivity contribution >= 4 is 18.4 Å². The van der Waals surface area contributed by atoms with Gasteiger partial charge >= 0.3 is 0 Å². The Kier molecular flexibility index (Phi) is 4.63. The topological polar surface area (TPSA) is 55.2 Å². The van der Waals surface area contributed by atoms with E-state index in [0.717, 1.165) is 16.9 Å². The minimum absolute atomic E-state index is 0.444. The number of ether oxygens (including phenoxy) is 1. The molecule has 0 radical (unpaired) electrons. The lowest BCUT2D eigenvalue weighted by atomic mass is 10.1. The van der Waals surface area contributed by atoms with E-state index in [1.54, 1.807) is 6.21 Å². The predicted molar refractivity (Wildman–Crippen MR) is 92.4 cm³/mol. The van der Waals surface area contributed by atoms with Crippen LogP contribution < -0.4 is 4.74 Å². The number of H-pyrrole nitrogens is 1. The highest BCUT2D eigenvalue weighted by molar-refractivity contribution is 7.71. The van der Waals surface area contributed by atoms with E-state index in [1.807, 2.05) is 24.3 Å². The van der Waals surface area contributed by atoms with Crippen molar-refractivity contribution in [1.29, 1.82) is 0 Å². The van der Waals surface area contributed by atoms with Gasteiger partial charge in [-0.05, 0) is 36.8 Å². The summed E-state index contributed by atoms with van der Waals surface area (Å²) < 4.78 is 7.85. The fraction of sp³-hybridized carbons (Fsp3) is 0.118. The number of hydrogen-bond donors (Lipinski definition) is 1. The largest absolute Gasteiger partial charge is 0.488 e. The number of nitrogens with one attached hydrogen (secondary N) is 1. The van der Waals surface area contributed by atoms with Crippen LogP contribution in [-0.2, 0) is 6.61 Å². The van der Waals surface area contributed by atoms with Crippen molar-refractivity contribution < 1.29 is 4.74 Å². The van der Waals surface area contributed by atoms with E-state index in [4.69, 9.17) is 17.0 Å². The Morgan fingerprint density at radius 2 is 2.00 bits per heavy atom. The lowest BCUT2D eigenvalue weighted by Gasteiger charge is -2.09. The van der Waals surface area contributed by atoms with Crippen molar-refractivity contribution in [3.05, 3.63) is 76.3 Å². The number of benzene rings is 2. The average Bonchev–Trinajstić information content (AvgIpc) is 2.98. The summed E-state index contributed by atoms with van der Waals surface area (Å²) in [5, 5.41) is 10.8. The van der Waals surface area contributed by atoms with E-state index in [-0.39, 0.29) is 0 Å². The van der Waals surface area contributed by atoms with E-state index in [1.165, 1.54) is 16.6 Å². The Balaban J connectivity index is 1.75. The Bertz CT molecular complexity index is 865. The molecule has 2 aromatic carbocycles. The Morgan fingerprint density at radius 3 is 2.74 bits per heavy atom. The smallest absolute Gasteiger partial charge is 0.216 e. The highest BCUT2D eigenvalue weighted by Crippen LogP contribution is 2.18. The summed E-state index contributed by atoms with van der Waals surface area (Å²) in [7, 11) is 0. The summed E-state index contributed by atoms with van der Waals surface area (Å²) in [5.74, 6) is 0.770. The first-order valence-corrected chi connectivity index (χ1v) is 7.57. The molecule has 1 aromatic heterocycles. The number of hydrogen-bond acceptors (Lipinski definition) is 4. The molecule has 6 heteroatoms. The molecule has 5 nitrogen and oxygen atoms in total. The average molecular weight is 324 g/mol. The third-order valence-electron chi connectivity index (χ3n) is 3.29. The summed E-state index contributed by atoms with van der Waals surface area (Å²) >= 11 is 5.06. The van der Waals surface area contributed by atoms with Crippen LogP contribution in [0.3, 0.4) is 0 Å². The first-order valence-electron chi connectivity index (χ1n) is 7.16. The van der Waals surface area contributed by atoms with Gasteiger partial charge in [0.1, 0.15) is 18.7 Å². The van der Waals surface area contributed by atoms with Crippen LogP contribution in [0.1, 0.15) is 16.7 Å². The van der Waals surface area contributed by atoms with E-state index in [9.17, 15) is 0 Å². The van der Waals surface area contributed by atoms with Gasteiger partial charge in [0, 0.05) is 5.56 Å². The predicted octanol–water partition coefficient (Wildman–Crippen LogP) is 3.71. The van der Waals surface area contributed by atoms with Gasteiger partial charge in [-0.3, -0.25) is 5.10 Å². The van der Waals surface area contributed by atoms with Crippen molar-refractivity contribution in [3.8, 4) is 5.75 Å². The quantitative estimate of drug-likeness (QED) is 0.575. The van der Waals surface area contributed by atoms with Crippen LogP contribution in [0.25, 0.3) is 0 Å². The van der Waals surface area contributed by atoms with Crippen LogP contribution in [0.2, 0.25) is 0 Å². The van der Waals surface area contributed by atoms with Gasteiger partial charge in [-0.25, -0.2) is 0 Å². The minimum Gasteiger partial charge on any atom is -0.488 e. The van der Waals surface area contributed by atoms with Crippen LogP contribution in [0, 0.1) is 11.7 Å². The van der Waals surface area contributed by atoms with Crippen molar-refractivity contribution in [2.24, 2.45) is 5.10 Å². The first kappa shape index (κ1) is 15.2. The molecular formula is C17H16N4OS. The third-order valence-corrected chi connectivity index (χ3v) is 3.57. The molecule has 3 aromatic rings. The van der Waals surface area contributed by atoms with E-state index >= 15 is 0 Å². The normalized spacial score (nSPS) is 11.0. The van der Waals surface area contributed by atoms with Crippen LogP contribution in [0.5, 0.6) is 5.75 Å². The molecule has 0 fully saturated rings. The van der Waals surface area contributed by atoms with Crippen molar-refractivity contribution in [1.82, 2.24) is 14.9 Å². The molecule has 3 rings (SSSR count). The molecule has 1 N–H and O–H groups in total. The lowest BCUT2D eigenvalue weighted by Crippen LogP contribution is -1.99. The Hall–Kier alpha value is -2.73. The first-order chi connectivity index (χ1) is 11.2. The molecule has 23 heavy (non-hydrogen) atoms. The molecule has 0 saturated carbocycles. The fourth-order valence-electron chi connectivity index (χ4n) is 2.01. The second kappa shape index (κ2) is 7.02. The maximum atomic E-state index is 5.91. The summed E-state index contributed by atoms with van der Waals surface area (Å²) in [5.41, 5.74) is 3.24. The second-order valence-corrected chi connectivity index (χ2v) is 5.45. The zero-order valence-corrected chi connectivity index (χ0v) is 13.5. The minimum atomic E-state index is 0.444. The molecule has 0 aliphatic carbocycles.